The molecule has 1 fully saturated rings. The first-order valence-corrected chi connectivity index (χ1v) is 11.9. The zero-order valence-electron chi connectivity index (χ0n) is 18.6. The van der Waals surface area contributed by atoms with Crippen LogP contribution in [-0.2, 0) is 9.59 Å². The third-order valence-electron chi connectivity index (χ3n) is 5.74. The number of ether oxygens (including phenoxy) is 1. The number of aromatic nitrogens is 3. The molecule has 0 unspecified atom stereocenters. The number of rotatable bonds is 4. The molecule has 0 saturated carbocycles. The maximum atomic E-state index is 12.6. The zero-order valence-corrected chi connectivity index (χ0v) is 19.4. The largest absolute Gasteiger partial charge is 0.427 e. The van der Waals surface area contributed by atoms with E-state index in [2.05, 4.69) is 26.3 Å². The van der Waals surface area contributed by atoms with Crippen LogP contribution in [0, 0.1) is 0 Å². The molecule has 2 aromatic heterocycles. The van der Waals surface area contributed by atoms with E-state index in [0.29, 0.717) is 28.2 Å². The minimum atomic E-state index is -0.374. The Morgan fingerprint density at radius 1 is 1.15 bits per heavy atom. The smallest absolute Gasteiger partial charge is 0.308 e. The van der Waals surface area contributed by atoms with Gasteiger partial charge in [0.2, 0.25) is 5.95 Å². The molecule has 1 saturated heterocycles. The molecule has 1 N–H and O–H groups in total. The Kier molecular flexibility index (Phi) is 6.27. The van der Waals surface area contributed by atoms with Gasteiger partial charge in [-0.05, 0) is 48.7 Å². The minimum absolute atomic E-state index is 0.200. The molecule has 34 heavy (non-hydrogen) atoms. The predicted octanol–water partition coefficient (Wildman–Crippen LogP) is 4.27. The van der Waals surface area contributed by atoms with Crippen LogP contribution >= 0.6 is 11.8 Å². The molecule has 0 atom stereocenters. The topological polar surface area (TPSA) is 97.3 Å². The van der Waals surface area contributed by atoms with E-state index in [0.717, 1.165) is 42.2 Å². The number of hydrogen-bond acceptors (Lipinski definition) is 8. The lowest BCUT2D eigenvalue weighted by Gasteiger charge is -2.32. The highest BCUT2D eigenvalue weighted by Crippen LogP contribution is 2.38. The highest BCUT2D eigenvalue weighted by Gasteiger charge is 2.27. The van der Waals surface area contributed by atoms with Crippen molar-refractivity contribution in [3.63, 3.8) is 0 Å². The number of pyridine rings is 1. The summed E-state index contributed by atoms with van der Waals surface area (Å²) in [6.45, 7) is 3.07. The Morgan fingerprint density at radius 3 is 2.65 bits per heavy atom. The second kappa shape index (κ2) is 9.64. The summed E-state index contributed by atoms with van der Waals surface area (Å²) >= 11 is 1.33. The van der Waals surface area contributed by atoms with Crippen LogP contribution in [0.15, 0.2) is 64.8 Å². The molecule has 0 spiro atoms. The summed E-state index contributed by atoms with van der Waals surface area (Å²) in [5, 5.41) is 3.60. The second-order valence-corrected chi connectivity index (χ2v) is 9.16. The fourth-order valence-corrected chi connectivity index (χ4v) is 4.93. The van der Waals surface area contributed by atoms with Crippen LogP contribution < -0.4 is 15.0 Å². The van der Waals surface area contributed by atoms with Gasteiger partial charge in [0.05, 0.1) is 16.8 Å². The van der Waals surface area contributed by atoms with E-state index in [1.807, 2.05) is 18.3 Å². The Labute approximate surface area is 201 Å². The summed E-state index contributed by atoms with van der Waals surface area (Å²) in [5.74, 6) is 1.01. The molecule has 8 nitrogen and oxygen atoms in total. The molecule has 0 radical (unpaired) electrons. The van der Waals surface area contributed by atoms with Crippen molar-refractivity contribution in [1.29, 1.82) is 0 Å². The monoisotopic (exact) mass is 473 g/mol. The SMILES string of the molecule is CC(=O)Oc1ccc(C=C2Sc3nc(N4CCC(c5ccccn5)CC4)ncc3NC2=O)cc1. The van der Waals surface area contributed by atoms with Gasteiger partial charge in [-0.15, -0.1) is 0 Å². The lowest BCUT2D eigenvalue weighted by Crippen LogP contribution is -2.34. The number of nitrogens with one attached hydrogen (secondary N) is 1. The van der Waals surface area contributed by atoms with Crippen molar-refractivity contribution >= 4 is 41.4 Å². The van der Waals surface area contributed by atoms with Crippen molar-refractivity contribution in [3.05, 3.63) is 71.0 Å². The van der Waals surface area contributed by atoms with Gasteiger partial charge >= 0.3 is 5.97 Å². The first-order valence-electron chi connectivity index (χ1n) is 11.1. The van der Waals surface area contributed by atoms with Gasteiger partial charge in [-0.1, -0.05) is 30.0 Å². The molecular formula is C25H23N5O3S. The second-order valence-electron chi connectivity index (χ2n) is 8.13. The third-order valence-corrected chi connectivity index (χ3v) is 6.77. The standard InChI is InChI=1S/C25H23N5O3S/c1-16(31)33-19-7-5-17(6-8-19)14-22-23(32)28-21-15-27-25(29-24(21)34-22)30-12-9-18(10-13-30)20-4-2-3-11-26-20/h2-8,11,14-15,18H,9-10,12-13H2,1H3,(H,28,32). The number of piperidine rings is 1. The van der Waals surface area contributed by atoms with E-state index in [9.17, 15) is 9.59 Å². The fraction of sp³-hybridized carbons (Fsp3) is 0.240. The summed E-state index contributed by atoms with van der Waals surface area (Å²) in [7, 11) is 0. The van der Waals surface area contributed by atoms with Crippen LogP contribution in [-0.4, -0.2) is 39.9 Å². The minimum Gasteiger partial charge on any atom is -0.427 e. The molecule has 172 valence electrons. The van der Waals surface area contributed by atoms with Crippen molar-refractivity contribution in [2.45, 2.75) is 30.7 Å². The normalized spacial score (nSPS) is 17.3. The van der Waals surface area contributed by atoms with Crippen LogP contribution in [0.1, 0.15) is 36.9 Å². The summed E-state index contributed by atoms with van der Waals surface area (Å²) in [4.78, 5) is 40.2. The van der Waals surface area contributed by atoms with Crippen molar-refractivity contribution in [2.75, 3.05) is 23.3 Å². The van der Waals surface area contributed by atoms with E-state index in [1.165, 1.54) is 18.7 Å². The van der Waals surface area contributed by atoms with E-state index in [4.69, 9.17) is 9.72 Å². The summed E-state index contributed by atoms with van der Waals surface area (Å²) in [5.41, 5.74) is 2.58. The molecule has 9 heteroatoms. The van der Waals surface area contributed by atoms with Gasteiger partial charge in [-0.2, -0.15) is 0 Å². The van der Waals surface area contributed by atoms with Crippen molar-refractivity contribution in [1.82, 2.24) is 15.0 Å². The molecule has 3 aromatic rings. The fourth-order valence-electron chi connectivity index (χ4n) is 4.04. The first kappa shape index (κ1) is 22.1. The number of nitrogens with zero attached hydrogens (tertiary/aromatic N) is 4. The molecule has 0 aliphatic carbocycles. The van der Waals surface area contributed by atoms with E-state index in [1.54, 1.807) is 36.5 Å². The van der Waals surface area contributed by atoms with Gasteiger partial charge < -0.3 is 15.0 Å². The highest BCUT2D eigenvalue weighted by molar-refractivity contribution is 8.04. The molecule has 5 rings (SSSR count). The average Bonchev–Trinajstić information content (AvgIpc) is 2.86. The van der Waals surface area contributed by atoms with Gasteiger partial charge in [0, 0.05) is 37.8 Å². The molecule has 4 heterocycles. The molecule has 1 amide bonds. The summed E-state index contributed by atoms with van der Waals surface area (Å²) < 4.78 is 5.06. The van der Waals surface area contributed by atoms with Crippen molar-refractivity contribution < 1.29 is 14.3 Å². The van der Waals surface area contributed by atoms with Crippen LogP contribution in [0.3, 0.4) is 0 Å². The number of esters is 1. The number of thioether (sulfide) groups is 1. The maximum absolute atomic E-state index is 12.6. The van der Waals surface area contributed by atoms with Crippen molar-refractivity contribution in [3.8, 4) is 5.75 Å². The van der Waals surface area contributed by atoms with Gasteiger partial charge in [-0.25, -0.2) is 9.97 Å². The number of carbonyl (C=O) groups is 2. The van der Waals surface area contributed by atoms with Crippen LogP contribution in [0.2, 0.25) is 0 Å². The van der Waals surface area contributed by atoms with E-state index < -0.39 is 0 Å². The Bertz CT molecular complexity index is 1240. The van der Waals surface area contributed by atoms with Crippen LogP contribution in [0.5, 0.6) is 5.75 Å². The number of amides is 1. The lowest BCUT2D eigenvalue weighted by molar-refractivity contribution is -0.131. The van der Waals surface area contributed by atoms with E-state index >= 15 is 0 Å². The number of fused-ring (bicyclic) bond motifs is 1. The van der Waals surface area contributed by atoms with Gasteiger partial charge in [0.15, 0.2) is 0 Å². The van der Waals surface area contributed by atoms with E-state index in [-0.39, 0.29) is 11.9 Å². The molecular weight excluding hydrogens is 450 g/mol. The van der Waals surface area contributed by atoms with Gasteiger partial charge in [-0.3, -0.25) is 14.6 Å². The molecule has 1 aromatic carbocycles. The maximum Gasteiger partial charge on any atom is 0.308 e. The summed E-state index contributed by atoms with van der Waals surface area (Å²) in [6, 6.07) is 13.1. The first-order chi connectivity index (χ1) is 16.5. The quantitative estimate of drug-likeness (QED) is 0.260. The Morgan fingerprint density at radius 2 is 1.94 bits per heavy atom. The third kappa shape index (κ3) is 4.94. The van der Waals surface area contributed by atoms with Gasteiger partial charge in [0.25, 0.3) is 5.91 Å². The van der Waals surface area contributed by atoms with Crippen LogP contribution in [0.25, 0.3) is 6.08 Å². The Hall–Kier alpha value is -3.72. The molecule has 2 aliphatic rings. The number of hydrogen-bond donors (Lipinski definition) is 1. The van der Waals surface area contributed by atoms with Crippen LogP contribution in [0.4, 0.5) is 11.6 Å². The van der Waals surface area contributed by atoms with Crippen molar-refractivity contribution in [2.24, 2.45) is 0 Å². The molecule has 0 bridgehead atoms. The molecule has 2 aliphatic heterocycles. The summed E-state index contributed by atoms with van der Waals surface area (Å²) in [6.07, 6.45) is 7.31. The number of carbonyl (C=O) groups excluding carboxylic acids is 2. The number of anilines is 2. The average molecular weight is 474 g/mol. The Balaban J connectivity index is 1.29. The lowest BCUT2D eigenvalue weighted by atomic mass is 9.93. The number of benzene rings is 1. The highest BCUT2D eigenvalue weighted by atomic mass is 32.2. The predicted molar refractivity (Wildman–Crippen MR) is 131 cm³/mol. The zero-order chi connectivity index (χ0) is 23.5. The van der Waals surface area contributed by atoms with Gasteiger partial charge in [0.1, 0.15) is 10.8 Å².